The topological polar surface area (TPSA) is 135 Å². The Kier molecular flexibility index (Phi) is 20.6. The van der Waals surface area contributed by atoms with Crippen molar-refractivity contribution in [3.05, 3.63) is 0 Å². The van der Waals surface area contributed by atoms with Crippen LogP contribution >= 0.6 is 0 Å². The SMILES string of the molecule is CCC(=O)O.CCC(=O)O.OCC(O)CO. The average molecular weight is 240 g/mol. The molecule has 0 saturated heterocycles. The zero-order valence-electron chi connectivity index (χ0n) is 9.46. The molecule has 0 aromatic heterocycles. The third-order valence-corrected chi connectivity index (χ3v) is 1.03. The molecule has 0 radical (unpaired) electrons. The van der Waals surface area contributed by atoms with E-state index in [9.17, 15) is 9.59 Å². The molecule has 0 bridgehead atoms. The van der Waals surface area contributed by atoms with Crippen LogP contribution in [0.25, 0.3) is 0 Å². The maximum atomic E-state index is 9.37. The Bertz CT molecular complexity index is 151. The number of aliphatic carboxylic acids is 2. The molecule has 0 aromatic rings. The van der Waals surface area contributed by atoms with Crippen molar-refractivity contribution in [1.82, 2.24) is 0 Å². The molecule has 7 heteroatoms. The van der Waals surface area contributed by atoms with Gasteiger partial charge >= 0.3 is 11.9 Å². The molecular weight excluding hydrogens is 220 g/mol. The largest absolute Gasteiger partial charge is 0.481 e. The molecule has 5 N–H and O–H groups in total. The third kappa shape index (κ3) is 38.5. The van der Waals surface area contributed by atoms with Crippen molar-refractivity contribution in [2.75, 3.05) is 13.2 Å². The smallest absolute Gasteiger partial charge is 0.303 e. The van der Waals surface area contributed by atoms with E-state index in [0.29, 0.717) is 0 Å². The second kappa shape index (κ2) is 16.3. The monoisotopic (exact) mass is 240 g/mol. The summed E-state index contributed by atoms with van der Waals surface area (Å²) in [6.45, 7) is 2.47. The Balaban J connectivity index is -0.000000160. The normalized spacial score (nSPS) is 8.38. The van der Waals surface area contributed by atoms with Crippen LogP contribution in [0, 0.1) is 0 Å². The maximum absolute atomic E-state index is 9.37. The highest BCUT2D eigenvalue weighted by molar-refractivity contribution is 5.66. The molecule has 0 amide bonds. The lowest BCUT2D eigenvalue weighted by atomic mass is 10.4. The molecule has 98 valence electrons. The lowest BCUT2D eigenvalue weighted by molar-refractivity contribution is -0.137. The molecule has 0 heterocycles. The average Bonchev–Trinajstić information content (AvgIpc) is 2.29. The van der Waals surface area contributed by atoms with Crippen LogP contribution < -0.4 is 0 Å². The Hall–Kier alpha value is -1.18. The molecule has 0 atom stereocenters. The predicted octanol–water partition coefficient (Wildman–Crippen LogP) is -0.706. The first-order valence-corrected chi connectivity index (χ1v) is 4.68. The number of carboxylic acid groups (broad SMARTS) is 2. The third-order valence-electron chi connectivity index (χ3n) is 1.03. The Morgan fingerprint density at radius 3 is 1.12 bits per heavy atom. The van der Waals surface area contributed by atoms with E-state index in [2.05, 4.69) is 0 Å². The van der Waals surface area contributed by atoms with Crippen LogP contribution in [0.5, 0.6) is 0 Å². The molecule has 16 heavy (non-hydrogen) atoms. The van der Waals surface area contributed by atoms with Gasteiger partial charge in [-0.3, -0.25) is 9.59 Å². The van der Waals surface area contributed by atoms with Gasteiger partial charge in [-0.15, -0.1) is 0 Å². The van der Waals surface area contributed by atoms with Crippen molar-refractivity contribution < 1.29 is 35.1 Å². The highest BCUT2D eigenvalue weighted by Crippen LogP contribution is 1.71. The maximum Gasteiger partial charge on any atom is 0.303 e. The fourth-order valence-electron chi connectivity index (χ4n) is 0.0577. The standard InChI is InChI=1S/C3H8O3.2C3H6O2/c4-1-3(6)2-5;2*1-2-3(4)5/h3-6H,1-2H2;2*2H2,1H3,(H,4,5). The zero-order valence-corrected chi connectivity index (χ0v) is 9.46. The first-order valence-electron chi connectivity index (χ1n) is 4.68. The lowest BCUT2D eigenvalue weighted by Gasteiger charge is -1.96. The van der Waals surface area contributed by atoms with Gasteiger partial charge in [0.1, 0.15) is 6.10 Å². The number of carboxylic acids is 2. The molecule has 0 aromatic carbocycles. The Morgan fingerprint density at radius 2 is 1.12 bits per heavy atom. The fourth-order valence-corrected chi connectivity index (χ4v) is 0.0577. The Labute approximate surface area is 94.0 Å². The predicted molar refractivity (Wildman–Crippen MR) is 56.0 cm³/mol. The van der Waals surface area contributed by atoms with Crippen molar-refractivity contribution in [2.24, 2.45) is 0 Å². The quantitative estimate of drug-likeness (QED) is 0.438. The van der Waals surface area contributed by atoms with Gasteiger partial charge in [0.15, 0.2) is 0 Å². The number of hydrogen-bond donors (Lipinski definition) is 5. The summed E-state index contributed by atoms with van der Waals surface area (Å²) in [5.41, 5.74) is 0. The lowest BCUT2D eigenvalue weighted by Crippen LogP contribution is -2.15. The first-order chi connectivity index (χ1) is 7.35. The minimum atomic E-state index is -0.954. The van der Waals surface area contributed by atoms with Crippen LogP contribution in [0.3, 0.4) is 0 Å². The van der Waals surface area contributed by atoms with Crippen molar-refractivity contribution in [3.8, 4) is 0 Å². The van der Waals surface area contributed by atoms with E-state index in [1.54, 1.807) is 13.8 Å². The van der Waals surface area contributed by atoms with Crippen LogP contribution in [0.15, 0.2) is 0 Å². The summed E-state index contributed by atoms with van der Waals surface area (Å²) in [4.78, 5) is 18.7. The molecule has 0 unspecified atom stereocenters. The Morgan fingerprint density at radius 1 is 0.938 bits per heavy atom. The molecule has 0 spiro atoms. The zero-order chi connectivity index (χ0) is 13.6. The number of hydrogen-bond acceptors (Lipinski definition) is 5. The van der Waals surface area contributed by atoms with E-state index in [4.69, 9.17) is 25.5 Å². The number of rotatable bonds is 4. The number of aliphatic hydroxyl groups excluding tert-OH is 3. The summed E-state index contributed by atoms with van der Waals surface area (Å²) in [6.07, 6.45) is -0.509. The van der Waals surface area contributed by atoms with Crippen LogP contribution in [0.2, 0.25) is 0 Å². The van der Waals surface area contributed by atoms with Gasteiger partial charge in [0.2, 0.25) is 0 Å². The van der Waals surface area contributed by atoms with E-state index < -0.39 is 18.0 Å². The summed E-state index contributed by atoms with van der Waals surface area (Å²) in [5.74, 6) is -1.49. The second-order valence-electron chi connectivity index (χ2n) is 2.51. The molecule has 0 aliphatic carbocycles. The summed E-state index contributed by atoms with van der Waals surface area (Å²) in [6, 6.07) is 0. The number of aliphatic hydroxyl groups is 3. The molecule has 7 nitrogen and oxygen atoms in total. The summed E-state index contributed by atoms with van der Waals surface area (Å²) in [5, 5.41) is 39.5. The molecular formula is C9H20O7. The van der Waals surface area contributed by atoms with Gasteiger partial charge in [-0.05, 0) is 0 Å². The van der Waals surface area contributed by atoms with Gasteiger partial charge < -0.3 is 25.5 Å². The van der Waals surface area contributed by atoms with Gasteiger partial charge in [-0.1, -0.05) is 13.8 Å². The van der Waals surface area contributed by atoms with Gasteiger partial charge in [0.05, 0.1) is 13.2 Å². The van der Waals surface area contributed by atoms with E-state index in [1.807, 2.05) is 0 Å². The fraction of sp³-hybridized carbons (Fsp3) is 0.778. The molecule has 0 fully saturated rings. The summed E-state index contributed by atoms with van der Waals surface area (Å²) in [7, 11) is 0. The van der Waals surface area contributed by atoms with Gasteiger partial charge in [-0.25, -0.2) is 0 Å². The van der Waals surface area contributed by atoms with Gasteiger partial charge in [0, 0.05) is 12.8 Å². The van der Waals surface area contributed by atoms with Crippen LogP contribution in [-0.2, 0) is 9.59 Å². The molecule has 0 aliphatic rings. The highest BCUT2D eigenvalue weighted by Gasteiger charge is 1.93. The van der Waals surface area contributed by atoms with Gasteiger partial charge in [-0.2, -0.15) is 0 Å². The molecule has 0 saturated carbocycles. The second-order valence-corrected chi connectivity index (χ2v) is 2.51. The highest BCUT2D eigenvalue weighted by atomic mass is 16.4. The van der Waals surface area contributed by atoms with Crippen LogP contribution in [0.4, 0.5) is 0 Å². The minimum Gasteiger partial charge on any atom is -0.481 e. The molecule has 0 rings (SSSR count). The van der Waals surface area contributed by atoms with Crippen molar-refractivity contribution >= 4 is 11.9 Å². The van der Waals surface area contributed by atoms with Crippen molar-refractivity contribution in [1.29, 1.82) is 0 Å². The summed E-state index contributed by atoms with van der Waals surface area (Å²) < 4.78 is 0. The van der Waals surface area contributed by atoms with Crippen LogP contribution in [-0.4, -0.2) is 56.8 Å². The van der Waals surface area contributed by atoms with Crippen molar-refractivity contribution in [2.45, 2.75) is 32.8 Å². The number of carbonyl (C=O) groups is 2. The first kappa shape index (κ1) is 20.3. The molecule has 0 aliphatic heterocycles. The van der Waals surface area contributed by atoms with E-state index in [0.717, 1.165) is 0 Å². The minimum absolute atomic E-state index is 0.222. The van der Waals surface area contributed by atoms with E-state index in [-0.39, 0.29) is 26.1 Å². The van der Waals surface area contributed by atoms with E-state index >= 15 is 0 Å². The van der Waals surface area contributed by atoms with Crippen molar-refractivity contribution in [3.63, 3.8) is 0 Å². The van der Waals surface area contributed by atoms with E-state index in [1.165, 1.54) is 0 Å². The van der Waals surface area contributed by atoms with Crippen LogP contribution in [0.1, 0.15) is 26.7 Å². The summed E-state index contributed by atoms with van der Waals surface area (Å²) >= 11 is 0. The van der Waals surface area contributed by atoms with Gasteiger partial charge in [0.25, 0.3) is 0 Å².